The Morgan fingerprint density at radius 2 is 2.36 bits per heavy atom. The van der Waals surface area contributed by atoms with Gasteiger partial charge in [0, 0.05) is 36.0 Å². The van der Waals surface area contributed by atoms with Crippen molar-refractivity contribution in [3.05, 3.63) is 0 Å². The van der Waals surface area contributed by atoms with Gasteiger partial charge in [-0.15, -0.1) is 0 Å². The topological polar surface area (TPSA) is 3.24 Å². The fourth-order valence-corrected chi connectivity index (χ4v) is 3.66. The van der Waals surface area contributed by atoms with Gasteiger partial charge in [-0.3, -0.25) is 0 Å². The molecule has 1 nitrogen and oxygen atoms in total. The van der Waals surface area contributed by atoms with Crippen molar-refractivity contribution in [3.8, 4) is 0 Å². The molecule has 1 heterocycles. The van der Waals surface area contributed by atoms with Gasteiger partial charge >= 0.3 is 0 Å². The van der Waals surface area contributed by atoms with E-state index in [1.54, 1.807) is 0 Å². The Bertz CT molecular complexity index is 154. The van der Waals surface area contributed by atoms with E-state index in [1.165, 1.54) is 43.6 Å². The Kier molecular flexibility index (Phi) is 6.55. The predicted octanol–water partition coefficient (Wildman–Crippen LogP) is 3.23. The normalized spacial score (nSPS) is 26.4. The lowest BCUT2D eigenvalue weighted by Crippen LogP contribution is -2.40. The zero-order valence-corrected chi connectivity index (χ0v) is 11.7. The van der Waals surface area contributed by atoms with Crippen molar-refractivity contribution in [1.82, 2.24) is 4.90 Å². The summed E-state index contributed by atoms with van der Waals surface area (Å²) in [6.45, 7) is 8.51. The quantitative estimate of drug-likeness (QED) is 0.711. The van der Waals surface area contributed by atoms with Gasteiger partial charge in [0.1, 0.15) is 0 Å². The molecule has 3 heteroatoms. The molecule has 0 aliphatic carbocycles. The maximum absolute atomic E-state index is 3.63. The van der Waals surface area contributed by atoms with Crippen LogP contribution >= 0.6 is 27.7 Å². The van der Waals surface area contributed by atoms with Crippen molar-refractivity contribution in [2.24, 2.45) is 5.92 Å². The minimum absolute atomic E-state index is 0.835. The molecule has 0 aromatic carbocycles. The smallest absolute Gasteiger partial charge is 0.0147 e. The van der Waals surface area contributed by atoms with E-state index in [0.717, 1.165) is 11.2 Å². The van der Waals surface area contributed by atoms with Crippen LogP contribution in [0.5, 0.6) is 0 Å². The van der Waals surface area contributed by atoms with Crippen molar-refractivity contribution >= 4 is 27.7 Å². The average molecular weight is 280 g/mol. The SMILES string of the molecule is CCCC(CBr)CN1CCSC(C)C1. The van der Waals surface area contributed by atoms with E-state index in [9.17, 15) is 0 Å². The summed E-state index contributed by atoms with van der Waals surface area (Å²) in [6.07, 6.45) is 2.68. The molecule has 0 amide bonds. The van der Waals surface area contributed by atoms with E-state index < -0.39 is 0 Å². The van der Waals surface area contributed by atoms with E-state index in [2.05, 4.69) is 46.4 Å². The Hall–Kier alpha value is 0.790. The van der Waals surface area contributed by atoms with Crippen molar-refractivity contribution in [1.29, 1.82) is 0 Å². The first-order chi connectivity index (χ1) is 6.76. The maximum Gasteiger partial charge on any atom is 0.0147 e. The third kappa shape index (κ3) is 4.54. The van der Waals surface area contributed by atoms with Gasteiger partial charge in [-0.2, -0.15) is 11.8 Å². The molecule has 2 unspecified atom stereocenters. The first-order valence-electron chi connectivity index (χ1n) is 5.66. The molecule has 84 valence electrons. The molecule has 0 aromatic heterocycles. The summed E-state index contributed by atoms with van der Waals surface area (Å²) >= 11 is 5.74. The second kappa shape index (κ2) is 7.13. The monoisotopic (exact) mass is 279 g/mol. The lowest BCUT2D eigenvalue weighted by Gasteiger charge is -2.32. The molecule has 0 spiro atoms. The molecule has 14 heavy (non-hydrogen) atoms. The first kappa shape index (κ1) is 12.9. The third-order valence-corrected chi connectivity index (χ3v) is 4.81. The minimum atomic E-state index is 0.835. The summed E-state index contributed by atoms with van der Waals surface area (Å²) in [5.41, 5.74) is 0. The van der Waals surface area contributed by atoms with Crippen LogP contribution in [0.3, 0.4) is 0 Å². The highest BCUT2D eigenvalue weighted by Gasteiger charge is 2.19. The van der Waals surface area contributed by atoms with Crippen LogP contribution in [0.25, 0.3) is 0 Å². The summed E-state index contributed by atoms with van der Waals surface area (Å²) < 4.78 is 0. The van der Waals surface area contributed by atoms with Crippen LogP contribution in [0.15, 0.2) is 0 Å². The number of nitrogens with zero attached hydrogens (tertiary/aromatic N) is 1. The Morgan fingerprint density at radius 1 is 1.57 bits per heavy atom. The van der Waals surface area contributed by atoms with Crippen molar-refractivity contribution in [3.63, 3.8) is 0 Å². The van der Waals surface area contributed by atoms with Crippen LogP contribution in [-0.2, 0) is 0 Å². The Labute approximate surface area is 101 Å². The van der Waals surface area contributed by atoms with Crippen LogP contribution in [0.1, 0.15) is 26.7 Å². The highest BCUT2D eigenvalue weighted by atomic mass is 79.9. The van der Waals surface area contributed by atoms with Gasteiger partial charge in [0.2, 0.25) is 0 Å². The molecule has 1 rings (SSSR count). The highest BCUT2D eigenvalue weighted by Crippen LogP contribution is 2.20. The van der Waals surface area contributed by atoms with Crippen LogP contribution in [0, 0.1) is 5.92 Å². The van der Waals surface area contributed by atoms with Crippen molar-refractivity contribution < 1.29 is 0 Å². The van der Waals surface area contributed by atoms with E-state index in [-0.39, 0.29) is 0 Å². The van der Waals surface area contributed by atoms with E-state index in [0.29, 0.717) is 0 Å². The summed E-state index contributed by atoms with van der Waals surface area (Å²) in [5, 5.41) is 2.00. The van der Waals surface area contributed by atoms with Crippen molar-refractivity contribution in [2.45, 2.75) is 31.9 Å². The number of hydrogen-bond donors (Lipinski definition) is 0. The molecular formula is C11H22BrNS. The Balaban J connectivity index is 2.26. The van der Waals surface area contributed by atoms with Crippen LogP contribution in [0.2, 0.25) is 0 Å². The zero-order chi connectivity index (χ0) is 10.4. The standard InChI is InChI=1S/C11H22BrNS/c1-3-4-11(7-12)9-13-5-6-14-10(2)8-13/h10-11H,3-9H2,1-2H3. The van der Waals surface area contributed by atoms with Crippen LogP contribution in [0.4, 0.5) is 0 Å². The molecule has 1 aliphatic heterocycles. The average Bonchev–Trinajstić information content (AvgIpc) is 2.17. The first-order valence-corrected chi connectivity index (χ1v) is 7.83. The molecule has 0 bridgehead atoms. The van der Waals surface area contributed by atoms with E-state index in [1.807, 2.05) is 0 Å². The van der Waals surface area contributed by atoms with Gasteiger partial charge in [0.15, 0.2) is 0 Å². The fourth-order valence-electron chi connectivity index (χ4n) is 2.05. The molecule has 1 fully saturated rings. The molecule has 1 aliphatic rings. The Morgan fingerprint density at radius 3 is 2.93 bits per heavy atom. The summed E-state index contributed by atoms with van der Waals surface area (Å²) in [6, 6.07) is 0. The number of thioether (sulfide) groups is 1. The van der Waals surface area contributed by atoms with Gasteiger partial charge in [0.25, 0.3) is 0 Å². The van der Waals surface area contributed by atoms with E-state index in [4.69, 9.17) is 0 Å². The molecule has 0 saturated carbocycles. The molecule has 0 aromatic rings. The number of hydrogen-bond acceptors (Lipinski definition) is 2. The van der Waals surface area contributed by atoms with Gasteiger partial charge in [-0.25, -0.2) is 0 Å². The number of alkyl halides is 1. The largest absolute Gasteiger partial charge is 0.301 e. The fraction of sp³-hybridized carbons (Fsp3) is 1.00. The molecule has 1 saturated heterocycles. The van der Waals surface area contributed by atoms with Gasteiger partial charge < -0.3 is 4.90 Å². The minimum Gasteiger partial charge on any atom is -0.301 e. The number of halogens is 1. The van der Waals surface area contributed by atoms with Crippen molar-refractivity contribution in [2.75, 3.05) is 30.7 Å². The van der Waals surface area contributed by atoms with Crippen LogP contribution < -0.4 is 0 Å². The summed E-state index contributed by atoms with van der Waals surface area (Å²) in [4.78, 5) is 2.64. The molecule has 0 N–H and O–H groups in total. The molecule has 0 radical (unpaired) electrons. The predicted molar refractivity (Wildman–Crippen MR) is 70.6 cm³/mol. The lowest BCUT2D eigenvalue weighted by atomic mass is 10.1. The summed E-state index contributed by atoms with van der Waals surface area (Å²) in [7, 11) is 0. The van der Waals surface area contributed by atoms with E-state index >= 15 is 0 Å². The maximum atomic E-state index is 3.63. The zero-order valence-electron chi connectivity index (χ0n) is 9.34. The third-order valence-electron chi connectivity index (χ3n) is 2.76. The van der Waals surface area contributed by atoms with Gasteiger partial charge in [0.05, 0.1) is 0 Å². The lowest BCUT2D eigenvalue weighted by molar-refractivity contribution is 0.244. The highest BCUT2D eigenvalue weighted by molar-refractivity contribution is 9.09. The summed E-state index contributed by atoms with van der Waals surface area (Å²) in [5.74, 6) is 2.18. The molecule has 2 atom stereocenters. The second-order valence-electron chi connectivity index (χ2n) is 4.25. The van der Waals surface area contributed by atoms with Gasteiger partial charge in [-0.05, 0) is 12.3 Å². The second-order valence-corrected chi connectivity index (χ2v) is 6.44. The van der Waals surface area contributed by atoms with Gasteiger partial charge in [-0.1, -0.05) is 36.2 Å². The van der Waals surface area contributed by atoms with Crippen LogP contribution in [-0.4, -0.2) is 40.9 Å². The number of rotatable bonds is 5. The molecular weight excluding hydrogens is 258 g/mol.